The van der Waals surface area contributed by atoms with Crippen molar-refractivity contribution in [2.45, 2.75) is 46.1 Å². The maximum Gasteiger partial charge on any atom is 0.194 e. The molecule has 0 bridgehead atoms. The zero-order valence-corrected chi connectivity index (χ0v) is 12.1. The summed E-state index contributed by atoms with van der Waals surface area (Å²) in [4.78, 5) is 0. The fraction of sp³-hybridized carbons (Fsp3) is 0.625. The Kier molecular flexibility index (Phi) is 4.14. The molecule has 1 N–H and O–H groups in total. The predicted molar refractivity (Wildman–Crippen MR) is 71.6 cm³/mol. The Balaban J connectivity index is 2.37. The molecular weight excluding hydrogens is 265 g/mol. The second-order valence-corrected chi connectivity index (χ2v) is 6.63. The molecule has 112 valence electrons. The molecule has 0 heterocycles. The molecule has 0 amide bonds. The summed E-state index contributed by atoms with van der Waals surface area (Å²) in [7, 11) is 0. The van der Waals surface area contributed by atoms with E-state index in [-0.39, 0.29) is 22.8 Å². The van der Waals surface area contributed by atoms with E-state index in [2.05, 4.69) is 13.8 Å². The normalized spacial score (nSPS) is 27.4. The highest BCUT2D eigenvalue weighted by molar-refractivity contribution is 5.23. The molecule has 4 heteroatoms. The topological polar surface area (TPSA) is 20.2 Å². The summed E-state index contributed by atoms with van der Waals surface area (Å²) in [6, 6.07) is 1.81. The van der Waals surface area contributed by atoms with Gasteiger partial charge < -0.3 is 5.11 Å². The lowest BCUT2D eigenvalue weighted by Crippen LogP contribution is -2.38. The highest BCUT2D eigenvalue weighted by Gasteiger charge is 2.41. The monoisotopic (exact) mass is 286 g/mol. The van der Waals surface area contributed by atoms with Gasteiger partial charge in [0.1, 0.15) is 0 Å². The number of hydrogen-bond acceptors (Lipinski definition) is 1. The first-order valence-electron chi connectivity index (χ1n) is 7.06. The summed E-state index contributed by atoms with van der Waals surface area (Å²) < 4.78 is 39.7. The first-order valence-corrected chi connectivity index (χ1v) is 7.06. The van der Waals surface area contributed by atoms with Crippen LogP contribution in [0.4, 0.5) is 13.2 Å². The first-order chi connectivity index (χ1) is 9.24. The van der Waals surface area contributed by atoms with Gasteiger partial charge in [0.05, 0.1) is 6.10 Å². The quantitative estimate of drug-likeness (QED) is 0.788. The molecule has 20 heavy (non-hydrogen) atoms. The number of rotatable bonds is 2. The zero-order valence-electron chi connectivity index (χ0n) is 12.1. The van der Waals surface area contributed by atoms with Gasteiger partial charge in [0.25, 0.3) is 0 Å². The standard InChI is InChI=1S/C16H21F3O/c1-9-5-4-6-16(2,3)13(9)15(20)10-7-11(17)14(19)12(18)8-10/h7-9,13,15,20H,4-6H2,1-3H3/t9-,13-,15?/m0/s1. The zero-order chi connectivity index (χ0) is 15.1. The molecule has 1 aromatic carbocycles. The van der Waals surface area contributed by atoms with Crippen LogP contribution in [0.15, 0.2) is 12.1 Å². The van der Waals surface area contributed by atoms with Crippen molar-refractivity contribution in [1.29, 1.82) is 0 Å². The Hall–Kier alpha value is -1.03. The fourth-order valence-corrected chi connectivity index (χ4v) is 3.69. The van der Waals surface area contributed by atoms with Crippen LogP contribution in [0.5, 0.6) is 0 Å². The number of halogens is 3. The average Bonchev–Trinajstić information content (AvgIpc) is 2.33. The van der Waals surface area contributed by atoms with Crippen molar-refractivity contribution in [3.05, 3.63) is 35.1 Å². The number of aliphatic hydroxyl groups is 1. The molecule has 0 saturated heterocycles. The minimum Gasteiger partial charge on any atom is -0.388 e. The summed E-state index contributed by atoms with van der Waals surface area (Å²) in [5.74, 6) is -3.83. The minimum absolute atomic E-state index is 0.0967. The molecule has 0 radical (unpaired) electrons. The van der Waals surface area contributed by atoms with Crippen molar-refractivity contribution in [2.24, 2.45) is 17.3 Å². The predicted octanol–water partition coefficient (Wildman–Crippen LogP) is 4.60. The van der Waals surface area contributed by atoms with Gasteiger partial charge in [0.15, 0.2) is 17.5 Å². The molecule has 1 aromatic rings. The SMILES string of the molecule is C[C@H]1CCCC(C)(C)[C@@H]1C(O)c1cc(F)c(F)c(F)c1. The van der Waals surface area contributed by atoms with Crippen molar-refractivity contribution in [1.82, 2.24) is 0 Å². The first kappa shape index (κ1) is 15.4. The summed E-state index contributed by atoms with van der Waals surface area (Å²) in [6.07, 6.45) is 2.05. The van der Waals surface area contributed by atoms with Crippen LogP contribution in [0.1, 0.15) is 51.7 Å². The van der Waals surface area contributed by atoms with Crippen LogP contribution in [0, 0.1) is 34.7 Å². The van der Waals surface area contributed by atoms with Crippen LogP contribution >= 0.6 is 0 Å². The maximum absolute atomic E-state index is 13.3. The van der Waals surface area contributed by atoms with Crippen molar-refractivity contribution < 1.29 is 18.3 Å². The molecule has 0 spiro atoms. The van der Waals surface area contributed by atoms with Gasteiger partial charge in [-0.3, -0.25) is 0 Å². The van der Waals surface area contributed by atoms with Gasteiger partial charge in [-0.1, -0.05) is 33.6 Å². The third-order valence-electron chi connectivity index (χ3n) is 4.68. The Labute approximate surface area is 117 Å². The molecule has 1 nitrogen and oxygen atoms in total. The fourth-order valence-electron chi connectivity index (χ4n) is 3.69. The van der Waals surface area contributed by atoms with Crippen LogP contribution in [-0.4, -0.2) is 5.11 Å². The van der Waals surface area contributed by atoms with Crippen LogP contribution in [-0.2, 0) is 0 Å². The average molecular weight is 286 g/mol. The lowest BCUT2D eigenvalue weighted by molar-refractivity contribution is -0.0296. The Morgan fingerprint density at radius 1 is 1.20 bits per heavy atom. The number of benzene rings is 1. The molecule has 1 unspecified atom stereocenters. The summed E-state index contributed by atoms with van der Waals surface area (Å²) in [5, 5.41) is 10.5. The molecule has 1 saturated carbocycles. The van der Waals surface area contributed by atoms with E-state index >= 15 is 0 Å². The van der Waals surface area contributed by atoms with Crippen molar-refractivity contribution in [2.75, 3.05) is 0 Å². The second-order valence-electron chi connectivity index (χ2n) is 6.63. The van der Waals surface area contributed by atoms with Crippen LogP contribution in [0.2, 0.25) is 0 Å². The van der Waals surface area contributed by atoms with E-state index < -0.39 is 23.6 Å². The molecule has 1 fully saturated rings. The van der Waals surface area contributed by atoms with E-state index in [1.54, 1.807) is 0 Å². The minimum atomic E-state index is -1.49. The van der Waals surface area contributed by atoms with Gasteiger partial charge in [0.2, 0.25) is 0 Å². The smallest absolute Gasteiger partial charge is 0.194 e. The largest absolute Gasteiger partial charge is 0.388 e. The van der Waals surface area contributed by atoms with Gasteiger partial charge in [-0.25, -0.2) is 13.2 Å². The molecule has 2 rings (SSSR count). The third-order valence-corrected chi connectivity index (χ3v) is 4.68. The lowest BCUT2D eigenvalue weighted by Gasteiger charge is -2.45. The Bertz CT molecular complexity index is 475. The molecule has 0 aliphatic heterocycles. The van der Waals surface area contributed by atoms with E-state index in [9.17, 15) is 18.3 Å². The van der Waals surface area contributed by atoms with Crippen LogP contribution < -0.4 is 0 Å². The summed E-state index contributed by atoms with van der Waals surface area (Å²) >= 11 is 0. The van der Waals surface area contributed by atoms with E-state index in [4.69, 9.17) is 0 Å². The van der Waals surface area contributed by atoms with Crippen LogP contribution in [0.25, 0.3) is 0 Å². The lowest BCUT2D eigenvalue weighted by atomic mass is 9.61. The van der Waals surface area contributed by atoms with Crippen molar-refractivity contribution >= 4 is 0 Å². The highest BCUT2D eigenvalue weighted by Crippen LogP contribution is 2.49. The number of aliphatic hydroxyl groups excluding tert-OH is 1. The van der Waals surface area contributed by atoms with Crippen LogP contribution in [0.3, 0.4) is 0 Å². The molecule has 1 aliphatic rings. The van der Waals surface area contributed by atoms with E-state index in [1.807, 2.05) is 6.92 Å². The van der Waals surface area contributed by atoms with E-state index in [0.29, 0.717) is 0 Å². The van der Waals surface area contributed by atoms with Crippen molar-refractivity contribution in [3.63, 3.8) is 0 Å². The molecule has 0 aromatic heterocycles. The Morgan fingerprint density at radius 2 is 1.75 bits per heavy atom. The molecular formula is C16H21F3O. The molecule has 1 aliphatic carbocycles. The van der Waals surface area contributed by atoms with E-state index in [1.165, 1.54) is 0 Å². The van der Waals surface area contributed by atoms with Gasteiger partial charge >= 0.3 is 0 Å². The van der Waals surface area contributed by atoms with Gasteiger partial charge in [0, 0.05) is 0 Å². The number of hydrogen-bond donors (Lipinski definition) is 1. The van der Waals surface area contributed by atoms with Gasteiger partial charge in [-0.05, 0) is 41.4 Å². The highest BCUT2D eigenvalue weighted by atomic mass is 19.2. The summed E-state index contributed by atoms with van der Waals surface area (Å²) in [6.45, 7) is 6.17. The second kappa shape index (κ2) is 5.40. The Morgan fingerprint density at radius 3 is 2.25 bits per heavy atom. The van der Waals surface area contributed by atoms with Crippen molar-refractivity contribution in [3.8, 4) is 0 Å². The van der Waals surface area contributed by atoms with Gasteiger partial charge in [-0.2, -0.15) is 0 Å². The summed E-state index contributed by atoms with van der Waals surface area (Å²) in [5.41, 5.74) is 0.00605. The molecule has 3 atom stereocenters. The maximum atomic E-state index is 13.3. The van der Waals surface area contributed by atoms with E-state index in [0.717, 1.165) is 31.4 Å². The van der Waals surface area contributed by atoms with Gasteiger partial charge in [-0.15, -0.1) is 0 Å². The third kappa shape index (κ3) is 2.71.